The van der Waals surface area contributed by atoms with Crippen molar-refractivity contribution in [2.45, 2.75) is 36.1 Å². The number of carbonyl (C=O) groups excluding carboxylic acids is 2. The van der Waals surface area contributed by atoms with Gasteiger partial charge in [-0.1, -0.05) is 30.3 Å². The van der Waals surface area contributed by atoms with Crippen LogP contribution < -0.4 is 11.1 Å². The van der Waals surface area contributed by atoms with Gasteiger partial charge in [0, 0.05) is 11.3 Å². The first-order valence-corrected chi connectivity index (χ1v) is 7.86. The lowest BCUT2D eigenvalue weighted by Gasteiger charge is -2.41. The average Bonchev–Trinajstić information content (AvgIpc) is 2.77. The van der Waals surface area contributed by atoms with E-state index >= 15 is 0 Å². The lowest BCUT2D eigenvalue weighted by molar-refractivity contribution is -0.148. The van der Waals surface area contributed by atoms with Gasteiger partial charge in [-0.3, -0.25) is 9.59 Å². The molecule has 1 aromatic rings. The van der Waals surface area contributed by atoms with Gasteiger partial charge in [0.25, 0.3) is 0 Å². The van der Waals surface area contributed by atoms with Crippen LogP contribution >= 0.6 is 11.8 Å². The zero-order valence-electron chi connectivity index (χ0n) is 12.1. The standard InChI is InChI=1S/C15H19N3O2S/c1-15(2)8-18-13(20)11(14(18)21-15)17-12(19)10(16)9-6-4-3-5-7-9/h3-7,10-11,14H,8,16H2,1-2H3,(H,17,19)/t10-,11+,14+/m0/s1. The molecule has 3 rings (SSSR count). The number of thioether (sulfide) groups is 1. The van der Waals surface area contributed by atoms with Crippen LogP contribution in [-0.4, -0.2) is 39.4 Å². The first-order chi connectivity index (χ1) is 9.89. The Morgan fingerprint density at radius 1 is 1.43 bits per heavy atom. The first-order valence-electron chi connectivity index (χ1n) is 6.98. The molecular weight excluding hydrogens is 286 g/mol. The van der Waals surface area contributed by atoms with Crippen molar-refractivity contribution in [1.29, 1.82) is 0 Å². The second kappa shape index (κ2) is 5.03. The Balaban J connectivity index is 1.65. The summed E-state index contributed by atoms with van der Waals surface area (Å²) in [6.45, 7) is 4.95. The number of nitrogens with two attached hydrogens (primary N) is 1. The summed E-state index contributed by atoms with van der Waals surface area (Å²) in [5, 5.41) is 2.84. The number of β-lactam (4-membered cyclic amide) rings is 1. The van der Waals surface area contributed by atoms with Crippen molar-refractivity contribution in [3.05, 3.63) is 35.9 Å². The molecule has 0 aromatic heterocycles. The maximum absolute atomic E-state index is 12.2. The molecule has 2 saturated heterocycles. The zero-order chi connectivity index (χ0) is 15.2. The van der Waals surface area contributed by atoms with Crippen LogP contribution in [0.1, 0.15) is 25.5 Å². The third-order valence-corrected chi connectivity index (χ3v) is 5.41. The predicted octanol–water partition coefficient (Wildman–Crippen LogP) is 0.865. The van der Waals surface area contributed by atoms with E-state index in [4.69, 9.17) is 5.73 Å². The van der Waals surface area contributed by atoms with E-state index in [1.165, 1.54) is 0 Å². The second-order valence-electron chi connectivity index (χ2n) is 6.11. The molecule has 3 atom stereocenters. The number of amides is 2. The van der Waals surface area contributed by atoms with Crippen LogP contribution in [0.2, 0.25) is 0 Å². The number of fused-ring (bicyclic) bond motifs is 1. The van der Waals surface area contributed by atoms with Crippen molar-refractivity contribution in [2.24, 2.45) is 5.73 Å². The van der Waals surface area contributed by atoms with Gasteiger partial charge in [-0.25, -0.2) is 0 Å². The third kappa shape index (κ3) is 2.53. The van der Waals surface area contributed by atoms with Crippen molar-refractivity contribution in [3.63, 3.8) is 0 Å². The van der Waals surface area contributed by atoms with Crippen molar-refractivity contribution in [2.75, 3.05) is 6.54 Å². The Bertz CT molecular complexity index is 576. The Kier molecular flexibility index (Phi) is 3.45. The Morgan fingerprint density at radius 2 is 2.10 bits per heavy atom. The number of hydrogen-bond donors (Lipinski definition) is 2. The van der Waals surface area contributed by atoms with Crippen LogP contribution in [0.5, 0.6) is 0 Å². The normalized spacial score (nSPS) is 27.8. The van der Waals surface area contributed by atoms with E-state index in [-0.39, 0.29) is 21.9 Å². The summed E-state index contributed by atoms with van der Waals surface area (Å²) in [7, 11) is 0. The Labute approximate surface area is 128 Å². The molecule has 3 N–H and O–H groups in total. The topological polar surface area (TPSA) is 75.4 Å². The van der Waals surface area contributed by atoms with Crippen LogP contribution in [0.3, 0.4) is 0 Å². The summed E-state index contributed by atoms with van der Waals surface area (Å²) in [4.78, 5) is 26.1. The van der Waals surface area contributed by atoms with Gasteiger partial charge in [-0.15, -0.1) is 11.8 Å². The summed E-state index contributed by atoms with van der Waals surface area (Å²) >= 11 is 1.73. The molecule has 2 fully saturated rings. The molecule has 112 valence electrons. The van der Waals surface area contributed by atoms with Crippen LogP contribution in [0, 0.1) is 0 Å². The second-order valence-corrected chi connectivity index (χ2v) is 7.93. The number of nitrogens with zero attached hydrogens (tertiary/aromatic N) is 1. The highest BCUT2D eigenvalue weighted by Gasteiger charge is 2.56. The van der Waals surface area contributed by atoms with Gasteiger partial charge < -0.3 is 16.0 Å². The minimum Gasteiger partial charge on any atom is -0.340 e. The molecule has 21 heavy (non-hydrogen) atoms. The van der Waals surface area contributed by atoms with Gasteiger partial charge in [0.05, 0.1) is 0 Å². The van der Waals surface area contributed by atoms with Crippen molar-refractivity contribution in [1.82, 2.24) is 10.2 Å². The van der Waals surface area contributed by atoms with Gasteiger partial charge in [0.15, 0.2) is 0 Å². The monoisotopic (exact) mass is 305 g/mol. The van der Waals surface area contributed by atoms with E-state index in [1.54, 1.807) is 11.8 Å². The molecule has 0 saturated carbocycles. The molecule has 0 radical (unpaired) electrons. The van der Waals surface area contributed by atoms with Crippen LogP contribution in [0.25, 0.3) is 0 Å². The van der Waals surface area contributed by atoms with Gasteiger partial charge in [-0.2, -0.15) is 0 Å². The zero-order valence-corrected chi connectivity index (χ0v) is 12.9. The smallest absolute Gasteiger partial charge is 0.249 e. The number of nitrogens with one attached hydrogen (secondary N) is 1. The number of benzene rings is 1. The van der Waals surface area contributed by atoms with Gasteiger partial charge in [-0.05, 0) is 19.4 Å². The molecule has 5 nitrogen and oxygen atoms in total. The maximum Gasteiger partial charge on any atom is 0.249 e. The van der Waals surface area contributed by atoms with Crippen LogP contribution in [0.15, 0.2) is 30.3 Å². The summed E-state index contributed by atoms with van der Waals surface area (Å²) in [5.41, 5.74) is 6.71. The lowest BCUT2D eigenvalue weighted by Crippen LogP contribution is -2.67. The highest BCUT2D eigenvalue weighted by atomic mass is 32.2. The Hall–Kier alpha value is -1.53. The number of rotatable bonds is 3. The fourth-order valence-corrected chi connectivity index (χ4v) is 4.28. The van der Waals surface area contributed by atoms with Crippen LogP contribution in [-0.2, 0) is 9.59 Å². The minimum absolute atomic E-state index is 0.00770. The summed E-state index contributed by atoms with van der Waals surface area (Å²) in [6, 6.07) is 7.99. The largest absolute Gasteiger partial charge is 0.340 e. The molecular formula is C15H19N3O2S. The minimum atomic E-state index is -0.743. The summed E-state index contributed by atoms with van der Waals surface area (Å²) in [6.07, 6.45) is 0. The first kappa shape index (κ1) is 14.4. The average molecular weight is 305 g/mol. The molecule has 2 amide bonds. The van der Waals surface area contributed by atoms with E-state index in [0.717, 1.165) is 12.1 Å². The van der Waals surface area contributed by atoms with E-state index in [0.29, 0.717) is 0 Å². The van der Waals surface area contributed by atoms with Crippen molar-refractivity contribution < 1.29 is 9.59 Å². The molecule has 0 aliphatic carbocycles. The predicted molar refractivity (Wildman–Crippen MR) is 82.5 cm³/mol. The van der Waals surface area contributed by atoms with E-state index in [2.05, 4.69) is 19.2 Å². The highest BCUT2D eigenvalue weighted by molar-refractivity contribution is 8.01. The van der Waals surface area contributed by atoms with Crippen molar-refractivity contribution >= 4 is 23.6 Å². The molecule has 2 aliphatic rings. The highest BCUT2D eigenvalue weighted by Crippen LogP contribution is 2.46. The fraction of sp³-hybridized carbons (Fsp3) is 0.467. The van der Waals surface area contributed by atoms with E-state index in [1.807, 2.05) is 35.2 Å². The van der Waals surface area contributed by atoms with Gasteiger partial charge in [0.1, 0.15) is 17.5 Å². The fourth-order valence-electron chi connectivity index (χ4n) is 2.79. The summed E-state index contributed by atoms with van der Waals surface area (Å²) < 4.78 is 0.0430. The molecule has 0 spiro atoms. The number of hydrogen-bond acceptors (Lipinski definition) is 4. The Morgan fingerprint density at radius 3 is 2.76 bits per heavy atom. The molecule has 0 unspecified atom stereocenters. The third-order valence-electron chi connectivity index (χ3n) is 3.87. The van der Waals surface area contributed by atoms with Gasteiger partial charge >= 0.3 is 0 Å². The summed E-state index contributed by atoms with van der Waals surface area (Å²) in [5.74, 6) is -0.309. The SMILES string of the molecule is CC1(C)CN2C(=O)[C@@H](NC(=O)[C@@H](N)c3ccccc3)[C@H]2S1. The molecule has 2 aliphatic heterocycles. The molecule has 6 heteroatoms. The van der Waals surface area contributed by atoms with E-state index < -0.39 is 12.1 Å². The van der Waals surface area contributed by atoms with E-state index in [9.17, 15) is 9.59 Å². The van der Waals surface area contributed by atoms with Gasteiger partial charge in [0.2, 0.25) is 11.8 Å². The quantitative estimate of drug-likeness (QED) is 0.812. The van der Waals surface area contributed by atoms with Crippen LogP contribution in [0.4, 0.5) is 0 Å². The molecule has 1 aromatic carbocycles. The molecule has 0 bridgehead atoms. The number of carbonyl (C=O) groups is 2. The lowest BCUT2D eigenvalue weighted by atomic mass is 10.0. The molecule has 2 heterocycles. The maximum atomic E-state index is 12.2. The van der Waals surface area contributed by atoms with Crippen molar-refractivity contribution in [3.8, 4) is 0 Å².